The lowest BCUT2D eigenvalue weighted by Gasteiger charge is -2.16. The molecule has 2 aromatic rings. The second-order valence-electron chi connectivity index (χ2n) is 5.95. The second-order valence-corrected chi connectivity index (χ2v) is 7.12. The lowest BCUT2D eigenvalue weighted by molar-refractivity contribution is -0.137. The van der Waals surface area contributed by atoms with Gasteiger partial charge >= 0.3 is 11.9 Å². The van der Waals surface area contributed by atoms with Gasteiger partial charge in [0.2, 0.25) is 0 Å². The fourth-order valence-electron chi connectivity index (χ4n) is 2.67. The molecule has 0 amide bonds. The maximum Gasteiger partial charge on any atom is 0.337 e. The van der Waals surface area contributed by atoms with Crippen molar-refractivity contribution in [3.63, 3.8) is 0 Å². The van der Waals surface area contributed by atoms with Gasteiger partial charge in [-0.2, -0.15) is 0 Å². The fraction of sp³-hybridized carbons (Fsp3) is 0.412. The molecule has 1 saturated heterocycles. The second kappa shape index (κ2) is 7.46. The summed E-state index contributed by atoms with van der Waals surface area (Å²) in [6.45, 7) is 1.94. The summed E-state index contributed by atoms with van der Waals surface area (Å²) in [4.78, 5) is 40.8. The van der Waals surface area contributed by atoms with Crippen LogP contribution >= 0.6 is 11.8 Å². The first kappa shape index (κ1) is 18.4. The van der Waals surface area contributed by atoms with Crippen molar-refractivity contribution in [2.24, 2.45) is 0 Å². The summed E-state index contributed by atoms with van der Waals surface area (Å²) in [5.41, 5.74) is 0.256. The van der Waals surface area contributed by atoms with E-state index in [4.69, 9.17) is 9.47 Å². The highest BCUT2D eigenvalue weighted by Crippen LogP contribution is 2.29. The molecule has 0 radical (unpaired) electrons. The Morgan fingerprint density at radius 3 is 2.88 bits per heavy atom. The van der Waals surface area contributed by atoms with E-state index in [9.17, 15) is 19.5 Å². The summed E-state index contributed by atoms with van der Waals surface area (Å²) in [7, 11) is 1.27. The standard InChI is InChI=1S/C17H18N2O6S/c1-9(20)8-19-14(21)11-4-3-10(15(22)24-2)7-12(11)18-17(19)26-13-5-6-25-16(13)23/h3-4,7,9,13,20H,5-6,8H2,1-2H3. The summed E-state index contributed by atoms with van der Waals surface area (Å²) in [5.74, 6) is -0.883. The average Bonchev–Trinajstić information content (AvgIpc) is 3.01. The first-order valence-corrected chi connectivity index (χ1v) is 8.93. The maximum atomic E-state index is 12.9. The molecule has 1 aromatic carbocycles. The molecule has 0 bridgehead atoms. The number of aliphatic hydroxyl groups is 1. The summed E-state index contributed by atoms with van der Waals surface area (Å²) >= 11 is 1.13. The van der Waals surface area contributed by atoms with Crippen molar-refractivity contribution >= 4 is 34.6 Å². The minimum Gasteiger partial charge on any atom is -0.465 e. The third-order valence-corrected chi connectivity index (χ3v) is 5.16. The number of aromatic nitrogens is 2. The molecule has 8 nitrogen and oxygen atoms in total. The molecule has 1 fully saturated rings. The Bertz CT molecular complexity index is 923. The van der Waals surface area contributed by atoms with Crippen LogP contribution in [-0.4, -0.2) is 51.7 Å². The molecule has 26 heavy (non-hydrogen) atoms. The lowest BCUT2D eigenvalue weighted by Crippen LogP contribution is -2.28. The highest BCUT2D eigenvalue weighted by atomic mass is 32.2. The molecule has 2 atom stereocenters. The molecule has 1 aromatic heterocycles. The Labute approximate surface area is 153 Å². The Morgan fingerprint density at radius 2 is 2.27 bits per heavy atom. The smallest absolute Gasteiger partial charge is 0.337 e. The number of esters is 2. The molecule has 1 aliphatic heterocycles. The quantitative estimate of drug-likeness (QED) is 0.606. The van der Waals surface area contributed by atoms with Gasteiger partial charge in [-0.25, -0.2) is 9.78 Å². The molecule has 2 heterocycles. The number of hydrogen-bond acceptors (Lipinski definition) is 8. The number of nitrogens with zero attached hydrogens (tertiary/aromatic N) is 2. The number of rotatable bonds is 5. The van der Waals surface area contributed by atoms with E-state index in [1.807, 2.05) is 0 Å². The van der Waals surface area contributed by atoms with Crippen LogP contribution in [0.3, 0.4) is 0 Å². The first-order chi connectivity index (χ1) is 12.4. The Kier molecular flexibility index (Phi) is 5.28. The van der Waals surface area contributed by atoms with Crippen molar-refractivity contribution in [3.05, 3.63) is 34.1 Å². The number of cyclic esters (lactones) is 1. The van der Waals surface area contributed by atoms with Gasteiger partial charge in [-0.1, -0.05) is 11.8 Å². The van der Waals surface area contributed by atoms with Crippen LogP contribution in [0.2, 0.25) is 0 Å². The summed E-state index contributed by atoms with van der Waals surface area (Å²) < 4.78 is 11.0. The molecule has 138 valence electrons. The number of benzene rings is 1. The summed E-state index contributed by atoms with van der Waals surface area (Å²) in [5, 5.41) is 9.90. The van der Waals surface area contributed by atoms with Crippen molar-refractivity contribution in [2.45, 2.75) is 36.4 Å². The van der Waals surface area contributed by atoms with Gasteiger partial charge in [0.1, 0.15) is 5.25 Å². The highest BCUT2D eigenvalue weighted by molar-refractivity contribution is 8.00. The molecule has 0 saturated carbocycles. The molecule has 2 unspecified atom stereocenters. The predicted molar refractivity (Wildman–Crippen MR) is 94.2 cm³/mol. The number of aliphatic hydroxyl groups excluding tert-OH is 1. The maximum absolute atomic E-state index is 12.9. The first-order valence-electron chi connectivity index (χ1n) is 8.05. The van der Waals surface area contributed by atoms with Gasteiger partial charge in [-0.15, -0.1) is 0 Å². The van der Waals surface area contributed by atoms with E-state index >= 15 is 0 Å². The SMILES string of the molecule is COC(=O)c1ccc2c(=O)n(CC(C)O)c(SC3CCOC3=O)nc2c1. The highest BCUT2D eigenvalue weighted by Gasteiger charge is 2.29. The van der Waals surface area contributed by atoms with E-state index in [-0.39, 0.29) is 23.6 Å². The van der Waals surface area contributed by atoms with Gasteiger partial charge in [0.15, 0.2) is 5.16 Å². The minimum atomic E-state index is -0.767. The Balaban J connectivity index is 2.13. The van der Waals surface area contributed by atoms with E-state index in [1.54, 1.807) is 6.92 Å². The van der Waals surface area contributed by atoms with E-state index in [0.29, 0.717) is 29.1 Å². The molecular weight excluding hydrogens is 360 g/mol. The molecule has 9 heteroatoms. The number of ether oxygens (including phenoxy) is 2. The van der Waals surface area contributed by atoms with Crippen LogP contribution < -0.4 is 5.56 Å². The monoisotopic (exact) mass is 378 g/mol. The predicted octanol–water partition coefficient (Wildman–Crippen LogP) is 0.972. The molecule has 1 N–H and O–H groups in total. The summed E-state index contributed by atoms with van der Waals surface area (Å²) in [6, 6.07) is 4.48. The van der Waals surface area contributed by atoms with Crippen LogP contribution in [0.15, 0.2) is 28.2 Å². The third-order valence-electron chi connectivity index (χ3n) is 3.92. The van der Waals surface area contributed by atoms with Gasteiger partial charge in [0.05, 0.1) is 42.8 Å². The van der Waals surface area contributed by atoms with Crippen LogP contribution in [0, 0.1) is 0 Å². The normalized spacial score (nSPS) is 18.0. The van der Waals surface area contributed by atoms with Crippen LogP contribution in [0.1, 0.15) is 23.7 Å². The number of thioether (sulfide) groups is 1. The molecular formula is C17H18N2O6S. The number of methoxy groups -OCH3 is 1. The molecule has 1 aliphatic rings. The van der Waals surface area contributed by atoms with Crippen molar-refractivity contribution in [1.29, 1.82) is 0 Å². The van der Waals surface area contributed by atoms with Crippen molar-refractivity contribution < 1.29 is 24.2 Å². The lowest BCUT2D eigenvalue weighted by atomic mass is 10.1. The largest absolute Gasteiger partial charge is 0.465 e. The van der Waals surface area contributed by atoms with Gasteiger partial charge in [-0.05, 0) is 25.1 Å². The molecule has 0 spiro atoms. The van der Waals surface area contributed by atoms with Crippen molar-refractivity contribution in [2.75, 3.05) is 13.7 Å². The minimum absolute atomic E-state index is 0.0463. The number of fused-ring (bicyclic) bond motifs is 1. The zero-order valence-electron chi connectivity index (χ0n) is 14.3. The number of carbonyl (C=O) groups excluding carboxylic acids is 2. The van der Waals surface area contributed by atoms with Gasteiger partial charge in [0.25, 0.3) is 5.56 Å². The fourth-order valence-corrected chi connectivity index (χ4v) is 3.74. The Morgan fingerprint density at radius 1 is 1.50 bits per heavy atom. The van der Waals surface area contributed by atoms with Crippen molar-refractivity contribution in [1.82, 2.24) is 9.55 Å². The number of carbonyl (C=O) groups is 2. The topological polar surface area (TPSA) is 108 Å². The van der Waals surface area contributed by atoms with Gasteiger partial charge < -0.3 is 14.6 Å². The summed E-state index contributed by atoms with van der Waals surface area (Å²) in [6.07, 6.45) is -0.245. The van der Waals surface area contributed by atoms with E-state index in [0.717, 1.165) is 11.8 Å². The van der Waals surface area contributed by atoms with Crippen LogP contribution in [0.4, 0.5) is 0 Å². The van der Waals surface area contributed by atoms with Gasteiger partial charge in [-0.3, -0.25) is 14.2 Å². The van der Waals surface area contributed by atoms with E-state index in [1.165, 1.54) is 29.9 Å². The Hall–Kier alpha value is -2.39. The third kappa shape index (κ3) is 3.58. The van der Waals surface area contributed by atoms with Crippen LogP contribution in [0.25, 0.3) is 10.9 Å². The van der Waals surface area contributed by atoms with Crippen LogP contribution in [0.5, 0.6) is 0 Å². The molecule has 3 rings (SSSR count). The van der Waals surface area contributed by atoms with Gasteiger partial charge in [0, 0.05) is 6.42 Å². The molecule has 0 aliphatic carbocycles. The zero-order chi connectivity index (χ0) is 18.8. The average molecular weight is 378 g/mol. The zero-order valence-corrected chi connectivity index (χ0v) is 15.1. The van der Waals surface area contributed by atoms with E-state index < -0.39 is 17.3 Å². The van der Waals surface area contributed by atoms with Crippen molar-refractivity contribution in [3.8, 4) is 0 Å². The van der Waals surface area contributed by atoms with E-state index in [2.05, 4.69) is 4.98 Å². The number of hydrogen-bond donors (Lipinski definition) is 1. The van der Waals surface area contributed by atoms with Crippen LogP contribution in [-0.2, 0) is 20.8 Å².